The van der Waals surface area contributed by atoms with Crippen molar-refractivity contribution < 1.29 is 9.59 Å². The van der Waals surface area contributed by atoms with Crippen LogP contribution in [0, 0.1) is 6.92 Å². The number of fused-ring (bicyclic) bond motifs is 1. The van der Waals surface area contributed by atoms with Gasteiger partial charge in [0.2, 0.25) is 0 Å². The highest BCUT2D eigenvalue weighted by Gasteiger charge is 2.16. The van der Waals surface area contributed by atoms with Gasteiger partial charge in [-0.25, -0.2) is 4.98 Å². The molecule has 4 aromatic rings. The topological polar surface area (TPSA) is 148 Å². The van der Waals surface area contributed by atoms with Crippen molar-refractivity contribution in [3.8, 4) is 11.1 Å². The van der Waals surface area contributed by atoms with E-state index in [1.807, 2.05) is 55.5 Å². The first kappa shape index (κ1) is 24.1. The van der Waals surface area contributed by atoms with Crippen LogP contribution in [0.5, 0.6) is 0 Å². The van der Waals surface area contributed by atoms with E-state index in [-0.39, 0.29) is 11.5 Å². The monoisotopic (exact) mass is 479 g/mol. The number of allylic oxidation sites excluding steroid dienone is 1. The van der Waals surface area contributed by atoms with E-state index in [9.17, 15) is 9.59 Å². The van der Waals surface area contributed by atoms with Gasteiger partial charge in [-0.3, -0.25) is 19.6 Å². The third kappa shape index (κ3) is 5.71. The third-order valence-corrected chi connectivity index (χ3v) is 5.45. The van der Waals surface area contributed by atoms with Crippen molar-refractivity contribution >= 4 is 40.3 Å². The first-order chi connectivity index (χ1) is 17.4. The van der Waals surface area contributed by atoms with Crippen LogP contribution in [0.1, 0.15) is 11.1 Å². The maximum Gasteiger partial charge on any atom is 0.315 e. The Hall–Kier alpha value is -5.05. The maximum atomic E-state index is 12.5. The molecule has 0 radical (unpaired) electrons. The minimum Gasteiger partial charge on any atom is -0.403 e. The van der Waals surface area contributed by atoms with Crippen LogP contribution in [-0.2, 0) is 16.1 Å². The molecule has 0 aliphatic heterocycles. The van der Waals surface area contributed by atoms with Crippen molar-refractivity contribution in [3.63, 3.8) is 0 Å². The van der Waals surface area contributed by atoms with Gasteiger partial charge in [-0.15, -0.1) is 0 Å². The summed E-state index contributed by atoms with van der Waals surface area (Å²) in [6.45, 7) is 2.40. The molecule has 0 saturated heterocycles. The highest BCUT2D eigenvalue weighted by molar-refractivity contribution is 6.40. The zero-order chi connectivity index (χ0) is 25.5. The molecule has 2 aromatic carbocycles. The summed E-state index contributed by atoms with van der Waals surface area (Å²) in [6, 6.07) is 17.0. The average Bonchev–Trinajstić information content (AvgIpc) is 2.88. The van der Waals surface area contributed by atoms with Gasteiger partial charge in [-0.1, -0.05) is 30.3 Å². The number of hydrogen-bond acceptors (Lipinski definition) is 7. The number of hydrogen-bond donors (Lipinski definition) is 4. The first-order valence-electron chi connectivity index (χ1n) is 11.1. The first-order valence-corrected chi connectivity index (χ1v) is 11.1. The second kappa shape index (κ2) is 10.9. The summed E-state index contributed by atoms with van der Waals surface area (Å²) in [5.74, 6) is -1.60. The molecular formula is C27H25N7O2. The van der Waals surface area contributed by atoms with Crippen molar-refractivity contribution in [1.82, 2.24) is 15.3 Å². The van der Waals surface area contributed by atoms with Crippen LogP contribution >= 0.6 is 0 Å². The lowest BCUT2D eigenvalue weighted by atomic mass is 9.99. The summed E-state index contributed by atoms with van der Waals surface area (Å²) in [4.78, 5) is 37.6. The minimum absolute atomic E-state index is 0.196. The molecule has 0 atom stereocenters. The number of aliphatic imine (C=N–C) groups is 1. The molecule has 2 amide bonds. The van der Waals surface area contributed by atoms with Gasteiger partial charge in [0, 0.05) is 47.6 Å². The third-order valence-electron chi connectivity index (χ3n) is 5.45. The van der Waals surface area contributed by atoms with Crippen LogP contribution in [0.3, 0.4) is 0 Å². The van der Waals surface area contributed by atoms with E-state index in [1.54, 1.807) is 24.7 Å². The van der Waals surface area contributed by atoms with Crippen molar-refractivity contribution in [1.29, 1.82) is 0 Å². The van der Waals surface area contributed by atoms with Crippen LogP contribution in [0.15, 0.2) is 90.1 Å². The molecule has 9 nitrogen and oxygen atoms in total. The van der Waals surface area contributed by atoms with E-state index in [0.717, 1.165) is 33.0 Å². The Balaban J connectivity index is 1.46. The zero-order valence-electron chi connectivity index (χ0n) is 19.6. The molecule has 180 valence electrons. The minimum atomic E-state index is -0.904. The molecule has 6 N–H and O–H groups in total. The fourth-order valence-corrected chi connectivity index (χ4v) is 3.59. The summed E-state index contributed by atoms with van der Waals surface area (Å²) < 4.78 is 0. The number of amides is 2. The number of nitrogens with one attached hydrogen (secondary N) is 2. The predicted molar refractivity (Wildman–Crippen MR) is 142 cm³/mol. The lowest BCUT2D eigenvalue weighted by molar-refractivity contribution is -0.135. The molecule has 0 bridgehead atoms. The Morgan fingerprint density at radius 2 is 1.86 bits per heavy atom. The van der Waals surface area contributed by atoms with Gasteiger partial charge >= 0.3 is 11.8 Å². The molecule has 0 unspecified atom stereocenters. The number of benzene rings is 2. The molecule has 9 heteroatoms. The Morgan fingerprint density at radius 3 is 2.61 bits per heavy atom. The molecule has 0 aliphatic rings. The second-order valence-electron chi connectivity index (χ2n) is 8.03. The fourth-order valence-electron chi connectivity index (χ4n) is 3.59. The molecular weight excluding hydrogens is 454 g/mol. The molecule has 2 aromatic heterocycles. The average molecular weight is 480 g/mol. The standard InChI is InChI=1S/C27H25N7O2/c1-17-7-8-30-15-22(17)19-9-20-11-25(32-16-23(20)24(29)10-19)34-27(36)26(35)33-21(12-28)14-31-13-18-5-3-2-4-6-18/h2-12,14-16H,13,28-29H2,1H3,(H,33,35)(H,32,34,36). The van der Waals surface area contributed by atoms with Crippen molar-refractivity contribution in [2.45, 2.75) is 13.5 Å². The summed E-state index contributed by atoms with van der Waals surface area (Å²) in [5.41, 5.74) is 16.5. The number of rotatable bonds is 6. The number of nitrogen functional groups attached to an aromatic ring is 1. The van der Waals surface area contributed by atoms with Gasteiger partial charge < -0.3 is 22.1 Å². The van der Waals surface area contributed by atoms with Crippen molar-refractivity contribution in [3.05, 3.63) is 96.2 Å². The van der Waals surface area contributed by atoms with Gasteiger partial charge in [0.1, 0.15) is 5.82 Å². The number of carbonyl (C=O) groups is 2. The summed E-state index contributed by atoms with van der Waals surface area (Å²) in [7, 11) is 0. The summed E-state index contributed by atoms with van der Waals surface area (Å²) in [5, 5.41) is 6.43. The molecule has 2 heterocycles. The fraction of sp³-hybridized carbons (Fsp3) is 0.0741. The maximum absolute atomic E-state index is 12.5. The van der Waals surface area contributed by atoms with E-state index in [2.05, 4.69) is 25.6 Å². The van der Waals surface area contributed by atoms with E-state index < -0.39 is 11.8 Å². The van der Waals surface area contributed by atoms with Gasteiger partial charge in [0.15, 0.2) is 0 Å². The SMILES string of the molecule is Cc1ccncc1-c1cc(N)c2cnc(NC(=O)C(=O)NC(C=NCc3ccccc3)=CN)cc2c1. The van der Waals surface area contributed by atoms with E-state index >= 15 is 0 Å². The molecule has 0 spiro atoms. The van der Waals surface area contributed by atoms with E-state index in [1.165, 1.54) is 12.4 Å². The second-order valence-corrected chi connectivity index (χ2v) is 8.03. The van der Waals surface area contributed by atoms with Crippen LogP contribution in [0.25, 0.3) is 21.9 Å². The van der Waals surface area contributed by atoms with E-state index in [0.29, 0.717) is 12.2 Å². The largest absolute Gasteiger partial charge is 0.403 e. The van der Waals surface area contributed by atoms with Crippen LogP contribution in [-0.4, -0.2) is 28.0 Å². The molecule has 0 aliphatic carbocycles. The van der Waals surface area contributed by atoms with E-state index in [4.69, 9.17) is 11.5 Å². The van der Waals surface area contributed by atoms with Gasteiger partial charge in [-0.2, -0.15) is 0 Å². The van der Waals surface area contributed by atoms with Gasteiger partial charge in [0.25, 0.3) is 0 Å². The van der Waals surface area contributed by atoms with Crippen LogP contribution in [0.4, 0.5) is 11.5 Å². The number of nitrogens with two attached hydrogens (primary N) is 2. The van der Waals surface area contributed by atoms with Crippen LogP contribution < -0.4 is 22.1 Å². The Labute approximate surface area is 208 Å². The molecule has 36 heavy (non-hydrogen) atoms. The molecule has 4 rings (SSSR count). The summed E-state index contributed by atoms with van der Waals surface area (Å²) in [6.07, 6.45) is 7.62. The number of anilines is 2. The number of carbonyl (C=O) groups excluding carboxylic acids is 2. The van der Waals surface area contributed by atoms with Crippen LogP contribution in [0.2, 0.25) is 0 Å². The predicted octanol–water partition coefficient (Wildman–Crippen LogP) is 3.31. The van der Waals surface area contributed by atoms with Gasteiger partial charge in [0.05, 0.1) is 12.2 Å². The lowest BCUT2D eigenvalue weighted by Gasteiger charge is -2.11. The Morgan fingerprint density at radius 1 is 1.06 bits per heavy atom. The molecule has 0 saturated carbocycles. The number of nitrogens with zero attached hydrogens (tertiary/aromatic N) is 3. The highest BCUT2D eigenvalue weighted by Crippen LogP contribution is 2.31. The van der Waals surface area contributed by atoms with Gasteiger partial charge in [-0.05, 0) is 53.3 Å². The Kier molecular flexibility index (Phi) is 7.30. The number of pyridine rings is 2. The van der Waals surface area contributed by atoms with Crippen molar-refractivity contribution in [2.75, 3.05) is 11.1 Å². The smallest absolute Gasteiger partial charge is 0.315 e. The van der Waals surface area contributed by atoms with Crippen molar-refractivity contribution in [2.24, 2.45) is 10.7 Å². The molecule has 0 fully saturated rings. The quantitative estimate of drug-likeness (QED) is 0.189. The normalized spacial score (nSPS) is 11.5. The highest BCUT2D eigenvalue weighted by atomic mass is 16.2. The Bertz CT molecular complexity index is 1480. The zero-order valence-corrected chi connectivity index (χ0v) is 19.6. The number of aryl methyl sites for hydroxylation is 1. The number of aromatic nitrogens is 2. The lowest BCUT2D eigenvalue weighted by Crippen LogP contribution is -2.35. The summed E-state index contributed by atoms with van der Waals surface area (Å²) >= 11 is 0.